The van der Waals surface area contributed by atoms with Gasteiger partial charge >= 0.3 is 0 Å². The summed E-state index contributed by atoms with van der Waals surface area (Å²) in [6, 6.07) is 12.6. The molecule has 0 bridgehead atoms. The molecule has 0 saturated carbocycles. The van der Waals surface area contributed by atoms with Gasteiger partial charge in [-0.25, -0.2) is 4.98 Å². The largest absolute Gasteiger partial charge is 0.489 e. The molecule has 4 heteroatoms. The molecule has 2 heterocycles. The fraction of sp³-hybridized carbons (Fsp3) is 0.458. The topological polar surface area (TPSA) is 34.6 Å². The van der Waals surface area contributed by atoms with Crippen LogP contribution < -0.4 is 14.4 Å². The fourth-order valence-corrected chi connectivity index (χ4v) is 3.62. The van der Waals surface area contributed by atoms with Gasteiger partial charge in [-0.1, -0.05) is 31.6 Å². The molecule has 4 nitrogen and oxygen atoms in total. The van der Waals surface area contributed by atoms with Gasteiger partial charge in [-0.2, -0.15) is 0 Å². The van der Waals surface area contributed by atoms with Crippen LogP contribution in [0.4, 0.5) is 5.69 Å². The fourth-order valence-electron chi connectivity index (χ4n) is 3.62. The minimum absolute atomic E-state index is 0.203. The zero-order chi connectivity index (χ0) is 19.9. The quantitative estimate of drug-likeness (QED) is 0.531. The number of hydrogen-bond donors (Lipinski definition) is 0. The lowest BCUT2D eigenvalue weighted by molar-refractivity contribution is 0.225. The van der Waals surface area contributed by atoms with Crippen LogP contribution >= 0.6 is 0 Å². The molecular weight excluding hydrogens is 348 g/mol. The molecule has 1 unspecified atom stereocenters. The number of aromatic nitrogens is 1. The smallest absolute Gasteiger partial charge is 0.213 e. The Labute approximate surface area is 169 Å². The van der Waals surface area contributed by atoms with Crippen molar-refractivity contribution in [2.75, 3.05) is 24.6 Å². The van der Waals surface area contributed by atoms with Crippen molar-refractivity contribution in [2.45, 2.75) is 52.1 Å². The number of benzene rings is 1. The van der Waals surface area contributed by atoms with Crippen molar-refractivity contribution in [1.29, 1.82) is 0 Å². The predicted octanol–water partition coefficient (Wildman–Crippen LogP) is 5.60. The SMILES string of the molecule is C=C(C)C[C@@H](C)c1ccc(OC2CCN(c3ccc(OCCC)nc3)C2)cc1. The average Bonchev–Trinajstić information content (AvgIpc) is 3.15. The lowest BCUT2D eigenvalue weighted by Crippen LogP contribution is -2.24. The summed E-state index contributed by atoms with van der Waals surface area (Å²) in [5.74, 6) is 2.13. The van der Waals surface area contributed by atoms with Gasteiger partial charge in [-0.3, -0.25) is 0 Å². The summed E-state index contributed by atoms with van der Waals surface area (Å²) in [6.45, 7) is 13.0. The molecule has 0 spiro atoms. The van der Waals surface area contributed by atoms with Crippen LogP contribution in [0.25, 0.3) is 0 Å². The van der Waals surface area contributed by atoms with Crippen molar-refractivity contribution in [3.63, 3.8) is 0 Å². The Kier molecular flexibility index (Phi) is 6.96. The molecule has 1 aliphatic heterocycles. The van der Waals surface area contributed by atoms with Crippen molar-refractivity contribution < 1.29 is 9.47 Å². The van der Waals surface area contributed by atoms with E-state index in [1.807, 2.05) is 12.3 Å². The van der Waals surface area contributed by atoms with E-state index in [2.05, 4.69) is 67.6 Å². The lowest BCUT2D eigenvalue weighted by atomic mass is 9.95. The van der Waals surface area contributed by atoms with E-state index < -0.39 is 0 Å². The first-order valence-electron chi connectivity index (χ1n) is 10.3. The summed E-state index contributed by atoms with van der Waals surface area (Å²) in [7, 11) is 0. The highest BCUT2D eigenvalue weighted by atomic mass is 16.5. The Bertz CT molecular complexity index is 755. The third kappa shape index (κ3) is 5.51. The molecule has 0 N–H and O–H groups in total. The van der Waals surface area contributed by atoms with Gasteiger partial charge in [-0.15, -0.1) is 6.58 Å². The second-order valence-electron chi connectivity index (χ2n) is 7.81. The van der Waals surface area contributed by atoms with Crippen LogP contribution in [0.3, 0.4) is 0 Å². The van der Waals surface area contributed by atoms with E-state index in [0.29, 0.717) is 18.4 Å². The highest BCUT2D eigenvalue weighted by Crippen LogP contribution is 2.27. The van der Waals surface area contributed by atoms with Crippen LogP contribution in [0.5, 0.6) is 11.6 Å². The number of nitrogens with zero attached hydrogens (tertiary/aromatic N) is 2. The third-order valence-corrected chi connectivity index (χ3v) is 5.09. The highest BCUT2D eigenvalue weighted by molar-refractivity contribution is 5.46. The van der Waals surface area contributed by atoms with E-state index in [1.54, 1.807) is 0 Å². The van der Waals surface area contributed by atoms with Gasteiger partial charge < -0.3 is 14.4 Å². The summed E-state index contributed by atoms with van der Waals surface area (Å²) in [6.07, 6.45) is 5.12. The Morgan fingerprint density at radius 3 is 2.68 bits per heavy atom. The van der Waals surface area contributed by atoms with E-state index in [-0.39, 0.29) is 6.10 Å². The summed E-state index contributed by atoms with van der Waals surface area (Å²) in [5, 5.41) is 0. The van der Waals surface area contributed by atoms with Gasteiger partial charge in [-0.05, 0) is 49.4 Å². The first-order valence-corrected chi connectivity index (χ1v) is 10.3. The molecule has 2 atom stereocenters. The number of ether oxygens (including phenoxy) is 2. The van der Waals surface area contributed by atoms with Gasteiger partial charge in [0, 0.05) is 19.0 Å². The standard InChI is InChI=1S/C24H32N2O2/c1-5-14-27-24-11-8-21(16-25-24)26-13-12-23(17-26)28-22-9-6-20(7-10-22)19(4)15-18(2)3/h6-11,16,19,23H,2,5,12-15,17H2,1,3-4H3/t19-,23?/m1/s1. The van der Waals surface area contributed by atoms with Crippen molar-refractivity contribution in [2.24, 2.45) is 0 Å². The number of pyridine rings is 1. The van der Waals surface area contributed by atoms with Crippen LogP contribution in [0, 0.1) is 0 Å². The molecule has 150 valence electrons. The maximum Gasteiger partial charge on any atom is 0.213 e. The number of hydrogen-bond acceptors (Lipinski definition) is 4. The van der Waals surface area contributed by atoms with E-state index >= 15 is 0 Å². The van der Waals surface area contributed by atoms with Gasteiger partial charge in [0.2, 0.25) is 5.88 Å². The van der Waals surface area contributed by atoms with Gasteiger partial charge in [0.15, 0.2) is 0 Å². The highest BCUT2D eigenvalue weighted by Gasteiger charge is 2.24. The number of rotatable bonds is 9. The third-order valence-electron chi connectivity index (χ3n) is 5.09. The van der Waals surface area contributed by atoms with Crippen molar-refractivity contribution in [3.8, 4) is 11.6 Å². The second kappa shape index (κ2) is 9.63. The normalized spacial score (nSPS) is 17.4. The molecule has 1 aliphatic rings. The number of anilines is 1. The van der Waals surface area contributed by atoms with E-state index in [4.69, 9.17) is 9.47 Å². The first kappa shape index (κ1) is 20.2. The molecule has 0 radical (unpaired) electrons. The number of allylic oxidation sites excluding steroid dienone is 1. The zero-order valence-electron chi connectivity index (χ0n) is 17.4. The Balaban J connectivity index is 1.52. The van der Waals surface area contributed by atoms with Crippen LogP contribution in [-0.4, -0.2) is 30.8 Å². The maximum absolute atomic E-state index is 6.22. The minimum atomic E-state index is 0.203. The molecule has 3 rings (SSSR count). The van der Waals surface area contributed by atoms with Crippen LogP contribution in [-0.2, 0) is 0 Å². The maximum atomic E-state index is 6.22. The molecular formula is C24H32N2O2. The van der Waals surface area contributed by atoms with Crippen LogP contribution in [0.15, 0.2) is 54.7 Å². The van der Waals surface area contributed by atoms with E-state index in [9.17, 15) is 0 Å². The molecule has 1 aromatic heterocycles. The van der Waals surface area contributed by atoms with Crippen LogP contribution in [0.1, 0.15) is 51.5 Å². The molecule has 1 fully saturated rings. The molecule has 2 aromatic rings. The first-order chi connectivity index (χ1) is 13.5. The molecule has 0 aliphatic carbocycles. The summed E-state index contributed by atoms with van der Waals surface area (Å²) in [4.78, 5) is 6.73. The second-order valence-corrected chi connectivity index (χ2v) is 7.81. The summed E-state index contributed by atoms with van der Waals surface area (Å²) < 4.78 is 11.8. The zero-order valence-corrected chi connectivity index (χ0v) is 17.4. The van der Waals surface area contributed by atoms with Crippen molar-refractivity contribution in [3.05, 3.63) is 60.3 Å². The molecule has 1 aromatic carbocycles. The van der Waals surface area contributed by atoms with E-state index in [0.717, 1.165) is 43.8 Å². The van der Waals surface area contributed by atoms with Crippen molar-refractivity contribution >= 4 is 5.69 Å². The van der Waals surface area contributed by atoms with Crippen LogP contribution in [0.2, 0.25) is 0 Å². The van der Waals surface area contributed by atoms with E-state index in [1.165, 1.54) is 11.1 Å². The predicted molar refractivity (Wildman–Crippen MR) is 116 cm³/mol. The molecule has 1 saturated heterocycles. The molecule has 0 amide bonds. The Morgan fingerprint density at radius 1 is 1.25 bits per heavy atom. The van der Waals surface area contributed by atoms with Crippen molar-refractivity contribution in [1.82, 2.24) is 4.98 Å². The molecule has 28 heavy (non-hydrogen) atoms. The monoisotopic (exact) mass is 380 g/mol. The average molecular weight is 381 g/mol. The minimum Gasteiger partial charge on any atom is -0.489 e. The van der Waals surface area contributed by atoms with Gasteiger partial charge in [0.25, 0.3) is 0 Å². The Hall–Kier alpha value is -2.49. The summed E-state index contributed by atoms with van der Waals surface area (Å²) >= 11 is 0. The lowest BCUT2D eigenvalue weighted by Gasteiger charge is -2.19. The Morgan fingerprint density at radius 2 is 2.04 bits per heavy atom. The van der Waals surface area contributed by atoms with Gasteiger partial charge in [0.1, 0.15) is 11.9 Å². The summed E-state index contributed by atoms with van der Waals surface area (Å²) in [5.41, 5.74) is 3.68. The van der Waals surface area contributed by atoms with Gasteiger partial charge in [0.05, 0.1) is 25.0 Å².